The molecule has 4 aromatic heterocycles. The molecule has 0 atom stereocenters. The van der Waals surface area contributed by atoms with Crippen molar-refractivity contribution in [3.8, 4) is 11.3 Å². The van der Waals surface area contributed by atoms with Gasteiger partial charge in [-0.3, -0.25) is 4.98 Å². The molecule has 4 heterocycles. The summed E-state index contributed by atoms with van der Waals surface area (Å²) in [6.45, 7) is -7.71. The Labute approximate surface area is 179 Å². The normalized spacial score (nSPS) is 17.9. The quantitative estimate of drug-likeness (QED) is 0.309. The van der Waals surface area contributed by atoms with Crippen LogP contribution in [0.1, 0.15) is 29.2 Å². The second kappa shape index (κ2) is 5.67. The number of benzene rings is 2. The number of fused-ring (bicyclic) bond motifs is 7. The molecule has 6 rings (SSSR count). The van der Waals surface area contributed by atoms with E-state index in [0.717, 1.165) is 6.20 Å². The minimum Gasteiger partial charge on any atom is -0.455 e. The van der Waals surface area contributed by atoms with Crippen LogP contribution in [0.5, 0.6) is 0 Å². The Balaban J connectivity index is 1.66. The molecular weight excluding hydrogens is 360 g/mol. The van der Waals surface area contributed by atoms with Crippen molar-refractivity contribution >= 4 is 44.0 Å². The standard InChI is InChI=1S/C25H18N2O2/c1-13-11-18(26-12-14(13)2)16-5-4-6-17-22-19(29-25(16)17)9-10-20-23(22)24-21(28-20)8-7-15(3)27-24/h4-12H,1-3H3/i1D3,2D3,3D3. The first-order valence-corrected chi connectivity index (χ1v) is 8.93. The van der Waals surface area contributed by atoms with Gasteiger partial charge in [-0.25, -0.2) is 4.98 Å². The van der Waals surface area contributed by atoms with Gasteiger partial charge in [0.15, 0.2) is 5.58 Å². The summed E-state index contributed by atoms with van der Waals surface area (Å²) >= 11 is 0. The van der Waals surface area contributed by atoms with Gasteiger partial charge in [0.2, 0.25) is 0 Å². The average Bonchev–Trinajstić information content (AvgIpc) is 3.39. The van der Waals surface area contributed by atoms with Crippen LogP contribution in [0, 0.1) is 20.6 Å². The third-order valence-electron chi connectivity index (χ3n) is 5.12. The van der Waals surface area contributed by atoms with Crippen molar-refractivity contribution in [1.29, 1.82) is 0 Å². The average molecular weight is 387 g/mol. The fourth-order valence-corrected chi connectivity index (χ4v) is 3.82. The van der Waals surface area contributed by atoms with E-state index in [2.05, 4.69) is 9.97 Å². The van der Waals surface area contributed by atoms with E-state index in [0.29, 0.717) is 49.6 Å². The van der Waals surface area contributed by atoms with Crippen LogP contribution in [-0.2, 0) is 0 Å². The fraction of sp³-hybridized carbons (Fsp3) is 0.120. The molecule has 2 aromatic carbocycles. The van der Waals surface area contributed by atoms with Crippen LogP contribution in [0.4, 0.5) is 0 Å². The van der Waals surface area contributed by atoms with E-state index in [1.165, 1.54) is 12.1 Å². The van der Waals surface area contributed by atoms with E-state index >= 15 is 0 Å². The maximum atomic E-state index is 7.89. The molecule has 0 bridgehead atoms. The zero-order valence-corrected chi connectivity index (χ0v) is 14.9. The Kier molecular flexibility index (Phi) is 1.90. The van der Waals surface area contributed by atoms with Crippen molar-refractivity contribution in [3.05, 3.63) is 71.5 Å². The van der Waals surface area contributed by atoms with E-state index in [9.17, 15) is 0 Å². The molecule has 0 fully saturated rings. The second-order valence-corrected chi connectivity index (χ2v) is 6.86. The fourth-order valence-electron chi connectivity index (χ4n) is 3.82. The Morgan fingerprint density at radius 2 is 1.69 bits per heavy atom. The Morgan fingerprint density at radius 1 is 0.828 bits per heavy atom. The maximum absolute atomic E-state index is 7.89. The lowest BCUT2D eigenvalue weighted by Crippen LogP contribution is -1.88. The molecule has 0 aliphatic carbocycles. The first-order valence-electron chi connectivity index (χ1n) is 13.4. The van der Waals surface area contributed by atoms with Crippen LogP contribution in [0.2, 0.25) is 0 Å². The Bertz CT molecular complexity index is 1890. The predicted octanol–water partition coefficient (Wildman–Crippen LogP) is 6.87. The molecule has 6 aromatic rings. The van der Waals surface area contributed by atoms with Crippen molar-refractivity contribution in [2.75, 3.05) is 0 Å². The summed E-state index contributed by atoms with van der Waals surface area (Å²) in [7, 11) is 0. The van der Waals surface area contributed by atoms with Crippen molar-refractivity contribution in [2.45, 2.75) is 20.6 Å². The molecular formula is C25H18N2O2. The van der Waals surface area contributed by atoms with Crippen LogP contribution in [0.15, 0.2) is 63.6 Å². The number of hydrogen-bond acceptors (Lipinski definition) is 4. The van der Waals surface area contributed by atoms with Crippen molar-refractivity contribution in [2.24, 2.45) is 0 Å². The van der Waals surface area contributed by atoms with Crippen LogP contribution in [0.25, 0.3) is 55.3 Å². The van der Waals surface area contributed by atoms with Crippen LogP contribution < -0.4 is 0 Å². The molecule has 0 radical (unpaired) electrons. The third-order valence-corrected chi connectivity index (χ3v) is 5.12. The molecule has 0 N–H and O–H groups in total. The van der Waals surface area contributed by atoms with Gasteiger partial charge in [0, 0.05) is 40.6 Å². The minimum atomic E-state index is -2.67. The van der Waals surface area contributed by atoms with E-state index < -0.39 is 20.6 Å². The summed E-state index contributed by atoms with van der Waals surface area (Å²) in [4.78, 5) is 8.68. The van der Waals surface area contributed by atoms with Gasteiger partial charge < -0.3 is 8.83 Å². The third kappa shape index (κ3) is 2.26. The predicted molar refractivity (Wildman–Crippen MR) is 116 cm³/mol. The zero-order chi connectivity index (χ0) is 27.2. The van der Waals surface area contributed by atoms with Gasteiger partial charge >= 0.3 is 0 Å². The summed E-state index contributed by atoms with van der Waals surface area (Å²) in [6.07, 6.45) is 1.08. The molecule has 0 spiro atoms. The lowest BCUT2D eigenvalue weighted by Gasteiger charge is -2.05. The highest BCUT2D eigenvalue weighted by atomic mass is 16.3. The van der Waals surface area contributed by atoms with Gasteiger partial charge in [-0.05, 0) is 68.1 Å². The number of aryl methyl sites for hydroxylation is 3. The van der Waals surface area contributed by atoms with Gasteiger partial charge in [-0.1, -0.05) is 12.1 Å². The first kappa shape index (κ1) is 9.70. The molecule has 4 nitrogen and oxygen atoms in total. The van der Waals surface area contributed by atoms with E-state index in [-0.39, 0.29) is 22.5 Å². The minimum absolute atomic E-state index is 0.0612. The molecule has 0 aliphatic rings. The monoisotopic (exact) mass is 387 g/mol. The van der Waals surface area contributed by atoms with Crippen LogP contribution >= 0.6 is 0 Å². The smallest absolute Gasteiger partial charge is 0.153 e. The number of aromatic nitrogens is 2. The van der Waals surface area contributed by atoms with Crippen LogP contribution in [0.3, 0.4) is 0 Å². The van der Waals surface area contributed by atoms with E-state index in [1.54, 1.807) is 30.3 Å². The largest absolute Gasteiger partial charge is 0.455 e. The van der Waals surface area contributed by atoms with Gasteiger partial charge in [-0.15, -0.1) is 0 Å². The number of rotatable bonds is 1. The summed E-state index contributed by atoms with van der Waals surface area (Å²) < 4.78 is 82.3. The van der Waals surface area contributed by atoms with Gasteiger partial charge in [0.1, 0.15) is 22.3 Å². The molecule has 29 heavy (non-hydrogen) atoms. The molecule has 0 saturated heterocycles. The highest BCUT2D eigenvalue weighted by Gasteiger charge is 2.19. The molecule has 0 saturated carbocycles. The van der Waals surface area contributed by atoms with Gasteiger partial charge in [-0.2, -0.15) is 0 Å². The summed E-state index contributed by atoms with van der Waals surface area (Å²) in [5.74, 6) is 0. The maximum Gasteiger partial charge on any atom is 0.153 e. The molecule has 0 unspecified atom stereocenters. The number of hydrogen-bond donors (Lipinski definition) is 0. The van der Waals surface area contributed by atoms with Crippen molar-refractivity contribution in [1.82, 2.24) is 9.97 Å². The zero-order valence-electron chi connectivity index (χ0n) is 23.9. The van der Waals surface area contributed by atoms with Gasteiger partial charge in [0.05, 0.1) is 11.1 Å². The van der Waals surface area contributed by atoms with Crippen molar-refractivity contribution in [3.63, 3.8) is 0 Å². The number of para-hydroxylation sites is 1. The number of pyridine rings is 2. The number of nitrogens with zero attached hydrogens (tertiary/aromatic N) is 2. The molecule has 0 aliphatic heterocycles. The summed E-state index contributed by atoms with van der Waals surface area (Å²) in [5, 5.41) is 1.90. The Morgan fingerprint density at radius 3 is 2.55 bits per heavy atom. The van der Waals surface area contributed by atoms with Crippen LogP contribution in [-0.4, -0.2) is 9.97 Å². The Hall–Kier alpha value is -3.66. The topological polar surface area (TPSA) is 52.1 Å². The highest BCUT2D eigenvalue weighted by molar-refractivity contribution is 6.25. The lowest BCUT2D eigenvalue weighted by atomic mass is 10.0. The SMILES string of the molecule is [2H]C([2H])([2H])c1ccc2oc3ccc4oc5c(-c6cc(C([2H])([2H])[2H])c(C([2H])([2H])[2H])cn6)cccc5c4c3c2n1. The highest BCUT2D eigenvalue weighted by Crippen LogP contribution is 2.41. The second-order valence-electron chi connectivity index (χ2n) is 6.86. The first-order chi connectivity index (χ1) is 17.7. The van der Waals surface area contributed by atoms with Gasteiger partial charge in [0.25, 0.3) is 0 Å². The van der Waals surface area contributed by atoms with E-state index in [1.807, 2.05) is 6.07 Å². The molecule has 4 heteroatoms. The number of furan rings is 2. The van der Waals surface area contributed by atoms with Crippen molar-refractivity contribution < 1.29 is 21.2 Å². The summed E-state index contributed by atoms with van der Waals surface area (Å²) in [6, 6.07) is 13.0. The summed E-state index contributed by atoms with van der Waals surface area (Å²) in [5.41, 5.74) is 2.21. The molecule has 140 valence electrons. The van der Waals surface area contributed by atoms with E-state index in [4.69, 9.17) is 21.2 Å². The lowest BCUT2D eigenvalue weighted by molar-refractivity contribution is 0.663. The molecule has 0 amide bonds.